The highest BCUT2D eigenvalue weighted by Gasteiger charge is 2.37. The first-order valence-electron chi connectivity index (χ1n) is 10.9. The average molecular weight is 433 g/mol. The van der Waals surface area contributed by atoms with E-state index < -0.39 is 6.04 Å². The summed E-state index contributed by atoms with van der Waals surface area (Å²) in [5.41, 5.74) is 1.27. The summed E-state index contributed by atoms with van der Waals surface area (Å²) in [6.45, 7) is 0.941. The predicted octanol–water partition coefficient (Wildman–Crippen LogP) is 2.29. The minimum atomic E-state index is -0.404. The predicted molar refractivity (Wildman–Crippen MR) is 120 cm³/mol. The van der Waals surface area contributed by atoms with Crippen molar-refractivity contribution in [1.29, 1.82) is 0 Å². The molecular formula is C22H33N4O3P. The smallest absolute Gasteiger partial charge is 0.317 e. The molecule has 30 heavy (non-hydrogen) atoms. The van der Waals surface area contributed by atoms with Crippen LogP contribution in [0.1, 0.15) is 50.0 Å². The zero-order valence-corrected chi connectivity index (χ0v) is 18.8. The third-order valence-corrected chi connectivity index (χ3v) is 6.70. The van der Waals surface area contributed by atoms with Gasteiger partial charge in [0.2, 0.25) is 11.8 Å². The first-order chi connectivity index (χ1) is 14.5. The van der Waals surface area contributed by atoms with Gasteiger partial charge in [-0.15, -0.1) is 9.24 Å². The molecule has 2 aliphatic rings. The molecule has 1 aromatic rings. The molecule has 1 aliphatic heterocycles. The number of hydrogen-bond donors (Lipinski definition) is 2. The van der Waals surface area contributed by atoms with Crippen LogP contribution in [0.4, 0.5) is 4.79 Å². The van der Waals surface area contributed by atoms with Crippen LogP contribution >= 0.6 is 9.24 Å². The lowest BCUT2D eigenvalue weighted by Gasteiger charge is -2.28. The SMILES string of the molecule is CNC(=O)N(CP)CCC(=O)N1CCCC1C(=O)N[C@@H]1CCC[C@H]1c1ccccc1. The molecule has 0 bridgehead atoms. The van der Waals surface area contributed by atoms with E-state index in [4.69, 9.17) is 0 Å². The maximum absolute atomic E-state index is 13.1. The van der Waals surface area contributed by atoms with Crippen LogP contribution in [-0.2, 0) is 9.59 Å². The molecule has 1 aromatic carbocycles. The van der Waals surface area contributed by atoms with Crippen molar-refractivity contribution in [3.05, 3.63) is 35.9 Å². The quantitative estimate of drug-likeness (QED) is 0.649. The van der Waals surface area contributed by atoms with Crippen molar-refractivity contribution in [2.75, 3.05) is 26.4 Å². The molecule has 164 valence electrons. The molecule has 3 rings (SSSR count). The van der Waals surface area contributed by atoms with Gasteiger partial charge >= 0.3 is 6.03 Å². The van der Waals surface area contributed by atoms with Gasteiger partial charge < -0.3 is 20.4 Å². The van der Waals surface area contributed by atoms with Crippen LogP contribution in [0.5, 0.6) is 0 Å². The largest absolute Gasteiger partial charge is 0.351 e. The maximum Gasteiger partial charge on any atom is 0.317 e. The third-order valence-electron chi connectivity index (χ3n) is 6.26. The topological polar surface area (TPSA) is 81.8 Å². The standard InChI is InChI=1S/C22H33N4O3P/c1-23-22(29)25(15-30)14-12-20(27)26-13-6-11-19(26)21(28)24-18-10-5-9-17(18)16-7-3-2-4-8-16/h2-4,7-8,17-19H,5-6,9-15,30H2,1H3,(H,23,29)(H,24,28)/t17-,18+,19?/m0/s1. The number of amides is 4. The molecule has 7 nitrogen and oxygen atoms in total. The number of carbonyl (C=O) groups is 3. The highest BCUT2D eigenvalue weighted by atomic mass is 31.0. The summed E-state index contributed by atoms with van der Waals surface area (Å²) in [4.78, 5) is 40.9. The number of nitrogens with one attached hydrogen (secondary N) is 2. The summed E-state index contributed by atoms with van der Waals surface area (Å²) in [5, 5.41) is 5.83. The lowest BCUT2D eigenvalue weighted by atomic mass is 9.94. The molecule has 4 amide bonds. The van der Waals surface area contributed by atoms with Crippen molar-refractivity contribution in [3.8, 4) is 0 Å². The molecule has 1 saturated heterocycles. The number of hydrogen-bond acceptors (Lipinski definition) is 3. The summed E-state index contributed by atoms with van der Waals surface area (Å²) in [6, 6.07) is 9.87. The Morgan fingerprint density at radius 3 is 2.60 bits per heavy atom. The zero-order chi connectivity index (χ0) is 21.5. The summed E-state index contributed by atoms with van der Waals surface area (Å²) >= 11 is 0. The highest BCUT2D eigenvalue weighted by Crippen LogP contribution is 2.34. The molecule has 2 fully saturated rings. The molecule has 0 radical (unpaired) electrons. The Labute approximate surface area is 181 Å². The Hall–Kier alpha value is -2.14. The van der Waals surface area contributed by atoms with E-state index in [1.165, 1.54) is 5.56 Å². The Morgan fingerprint density at radius 2 is 1.90 bits per heavy atom. The Kier molecular flexibility index (Phi) is 8.08. The fourth-order valence-corrected chi connectivity index (χ4v) is 5.01. The van der Waals surface area contributed by atoms with Crippen molar-refractivity contribution < 1.29 is 14.4 Å². The molecule has 8 heteroatoms. The van der Waals surface area contributed by atoms with Gasteiger partial charge in [0, 0.05) is 44.8 Å². The van der Waals surface area contributed by atoms with Gasteiger partial charge in [-0.25, -0.2) is 4.79 Å². The molecule has 2 N–H and O–H groups in total. The fourth-order valence-electron chi connectivity index (χ4n) is 4.66. The first-order valence-corrected chi connectivity index (χ1v) is 11.7. The highest BCUT2D eigenvalue weighted by molar-refractivity contribution is 7.16. The molecule has 0 aromatic heterocycles. The normalized spacial score (nSPS) is 23.3. The number of rotatable bonds is 7. The van der Waals surface area contributed by atoms with Gasteiger partial charge in [0.25, 0.3) is 0 Å². The monoisotopic (exact) mass is 432 g/mol. The van der Waals surface area contributed by atoms with Crippen LogP contribution in [0.15, 0.2) is 30.3 Å². The number of nitrogens with zero attached hydrogens (tertiary/aromatic N) is 2. The molecule has 0 spiro atoms. The van der Waals surface area contributed by atoms with Crippen molar-refractivity contribution in [3.63, 3.8) is 0 Å². The van der Waals surface area contributed by atoms with E-state index in [0.717, 1.165) is 25.7 Å². The van der Waals surface area contributed by atoms with Gasteiger partial charge in [-0.3, -0.25) is 9.59 Å². The summed E-state index contributed by atoms with van der Waals surface area (Å²) in [7, 11) is 4.08. The minimum Gasteiger partial charge on any atom is -0.351 e. The van der Waals surface area contributed by atoms with Gasteiger partial charge in [0.1, 0.15) is 6.04 Å². The van der Waals surface area contributed by atoms with Crippen LogP contribution in [0.25, 0.3) is 0 Å². The van der Waals surface area contributed by atoms with Gasteiger partial charge in [0.15, 0.2) is 0 Å². The van der Waals surface area contributed by atoms with E-state index in [2.05, 4.69) is 32.0 Å². The second-order valence-corrected chi connectivity index (χ2v) is 8.42. The van der Waals surface area contributed by atoms with E-state index >= 15 is 0 Å². The molecule has 4 atom stereocenters. The second-order valence-electron chi connectivity index (χ2n) is 8.06. The third kappa shape index (κ3) is 5.31. The van der Waals surface area contributed by atoms with Crippen molar-refractivity contribution in [2.45, 2.75) is 56.5 Å². The first kappa shape index (κ1) is 22.5. The molecule has 1 saturated carbocycles. The van der Waals surface area contributed by atoms with E-state index in [9.17, 15) is 14.4 Å². The van der Waals surface area contributed by atoms with Crippen LogP contribution in [0.2, 0.25) is 0 Å². The van der Waals surface area contributed by atoms with Crippen LogP contribution < -0.4 is 10.6 Å². The molecule has 1 heterocycles. The minimum absolute atomic E-state index is 0.0390. The van der Waals surface area contributed by atoms with Crippen molar-refractivity contribution >= 4 is 27.1 Å². The molecule has 2 unspecified atom stereocenters. The van der Waals surface area contributed by atoms with Crippen LogP contribution in [-0.4, -0.2) is 66.2 Å². The Morgan fingerprint density at radius 1 is 1.13 bits per heavy atom. The van der Waals surface area contributed by atoms with Gasteiger partial charge in [-0.2, -0.15) is 0 Å². The summed E-state index contributed by atoms with van der Waals surface area (Å²) in [5.74, 6) is 0.234. The summed E-state index contributed by atoms with van der Waals surface area (Å²) in [6.07, 6.45) is 5.36. The number of carbonyl (C=O) groups excluding carboxylic acids is 3. The Bertz CT molecular complexity index is 745. The van der Waals surface area contributed by atoms with Crippen molar-refractivity contribution in [2.24, 2.45) is 0 Å². The number of likely N-dealkylation sites (tertiary alicyclic amines) is 1. The molecule has 1 aliphatic carbocycles. The van der Waals surface area contributed by atoms with Gasteiger partial charge in [0.05, 0.1) is 0 Å². The second kappa shape index (κ2) is 10.8. The van der Waals surface area contributed by atoms with E-state index in [1.54, 1.807) is 16.8 Å². The van der Waals surface area contributed by atoms with E-state index in [-0.39, 0.29) is 30.3 Å². The maximum atomic E-state index is 13.1. The zero-order valence-electron chi connectivity index (χ0n) is 17.7. The lowest BCUT2D eigenvalue weighted by molar-refractivity contribution is -0.138. The number of urea groups is 1. The Balaban J connectivity index is 1.57. The van der Waals surface area contributed by atoms with E-state index in [0.29, 0.717) is 31.7 Å². The van der Waals surface area contributed by atoms with Crippen molar-refractivity contribution in [1.82, 2.24) is 20.4 Å². The van der Waals surface area contributed by atoms with Crippen LogP contribution in [0, 0.1) is 0 Å². The molecular weight excluding hydrogens is 399 g/mol. The number of benzene rings is 1. The van der Waals surface area contributed by atoms with Crippen LogP contribution in [0.3, 0.4) is 0 Å². The summed E-state index contributed by atoms with van der Waals surface area (Å²) < 4.78 is 0. The average Bonchev–Trinajstić information content (AvgIpc) is 3.44. The fraction of sp³-hybridized carbons (Fsp3) is 0.591. The van der Waals surface area contributed by atoms with E-state index in [1.807, 2.05) is 18.2 Å². The lowest BCUT2D eigenvalue weighted by Crippen LogP contribution is -2.50. The van der Waals surface area contributed by atoms with Gasteiger partial charge in [-0.1, -0.05) is 36.8 Å². The van der Waals surface area contributed by atoms with Gasteiger partial charge in [-0.05, 0) is 31.2 Å².